The summed E-state index contributed by atoms with van der Waals surface area (Å²) in [6.45, 7) is 5.25. The molecule has 4 unspecified atom stereocenters. The molecule has 1 aliphatic heterocycles. The molecule has 0 bridgehead atoms. The van der Waals surface area contributed by atoms with Crippen LogP contribution in [0.2, 0.25) is 0 Å². The van der Waals surface area contributed by atoms with Crippen LogP contribution in [-0.4, -0.2) is 54.1 Å². The van der Waals surface area contributed by atoms with E-state index in [4.69, 9.17) is 19.2 Å². The topological polar surface area (TPSA) is 121 Å². The largest absolute Gasteiger partial charge is 0.472 e. The van der Waals surface area contributed by atoms with E-state index in [0.29, 0.717) is 12.8 Å². The van der Waals surface area contributed by atoms with Crippen LogP contribution in [0, 0.1) is 11.3 Å². The Hall–Kier alpha value is -1.25. The Kier molecular flexibility index (Phi) is 8.05. The van der Waals surface area contributed by atoms with Crippen molar-refractivity contribution in [3.8, 4) is 0 Å². The number of rotatable bonds is 9. The van der Waals surface area contributed by atoms with Gasteiger partial charge >= 0.3 is 7.82 Å². The minimum absolute atomic E-state index is 0.0329. The molecule has 1 fully saturated rings. The van der Waals surface area contributed by atoms with Crippen LogP contribution in [0.25, 0.3) is 0 Å². The number of amides is 1. The van der Waals surface area contributed by atoms with Gasteiger partial charge in [0, 0.05) is 19.2 Å². The van der Waals surface area contributed by atoms with Gasteiger partial charge in [-0.2, -0.15) is 0 Å². The van der Waals surface area contributed by atoms with E-state index < -0.39 is 13.9 Å². The molecule has 24 heavy (non-hydrogen) atoms. The number of ether oxygens (including phenoxy) is 1. The molecule has 9 nitrogen and oxygen atoms in total. The van der Waals surface area contributed by atoms with E-state index in [-0.39, 0.29) is 30.7 Å². The molecule has 3 N–H and O–H groups in total. The lowest BCUT2D eigenvalue weighted by Crippen LogP contribution is -2.32. The number of amidine groups is 1. The van der Waals surface area contributed by atoms with Crippen LogP contribution >= 0.6 is 7.82 Å². The van der Waals surface area contributed by atoms with Crippen molar-refractivity contribution in [2.45, 2.75) is 45.6 Å². The average Bonchev–Trinajstić information content (AvgIpc) is 2.83. The maximum atomic E-state index is 11.7. The molecule has 0 aliphatic carbocycles. The van der Waals surface area contributed by atoms with Gasteiger partial charge in [0.15, 0.2) is 0 Å². The number of phosphoric ester groups is 1. The molecule has 1 heterocycles. The summed E-state index contributed by atoms with van der Waals surface area (Å²) in [4.78, 5) is 21.6. The van der Waals surface area contributed by atoms with Crippen molar-refractivity contribution in [2.24, 2.45) is 5.92 Å². The molecule has 0 radical (unpaired) electrons. The first kappa shape index (κ1) is 20.8. The van der Waals surface area contributed by atoms with Gasteiger partial charge < -0.3 is 19.8 Å². The summed E-state index contributed by atoms with van der Waals surface area (Å²) in [5.41, 5.74) is 0. The van der Waals surface area contributed by atoms with E-state index in [0.717, 1.165) is 0 Å². The standard InChI is InChI=1S/C14H26N3O6P/c1-10(2)23-24(19,20)21-8-12-7-11(3)14(22-12)17(4)6-5-13(15)16-9-18/h5-6,9-12,14H,7-8H2,1-4H3,(H,19,20)(H2,15,16,18)/b6-5-. The van der Waals surface area contributed by atoms with E-state index in [1.165, 1.54) is 6.08 Å². The van der Waals surface area contributed by atoms with Crippen LogP contribution < -0.4 is 5.32 Å². The van der Waals surface area contributed by atoms with Gasteiger partial charge in [-0.3, -0.25) is 19.3 Å². The predicted octanol–water partition coefficient (Wildman–Crippen LogP) is 1.45. The Bertz CT molecular complexity index is 513. The first-order valence-electron chi connectivity index (χ1n) is 7.64. The second-order valence-electron chi connectivity index (χ2n) is 5.94. The van der Waals surface area contributed by atoms with Crippen LogP contribution in [0.3, 0.4) is 0 Å². The van der Waals surface area contributed by atoms with Crippen molar-refractivity contribution in [3.05, 3.63) is 12.3 Å². The van der Waals surface area contributed by atoms with Gasteiger partial charge in [-0.05, 0) is 26.3 Å². The normalized spacial score (nSPS) is 26.5. The Morgan fingerprint density at radius 2 is 2.25 bits per heavy atom. The van der Waals surface area contributed by atoms with Gasteiger partial charge in [0.25, 0.3) is 0 Å². The van der Waals surface area contributed by atoms with E-state index in [1.54, 1.807) is 32.0 Å². The first-order valence-corrected chi connectivity index (χ1v) is 9.14. The maximum Gasteiger partial charge on any atom is 0.472 e. The molecule has 1 saturated heterocycles. The quantitative estimate of drug-likeness (QED) is 0.245. The molecule has 0 spiro atoms. The second kappa shape index (κ2) is 9.29. The van der Waals surface area contributed by atoms with Crippen LogP contribution in [0.15, 0.2) is 12.3 Å². The second-order valence-corrected chi connectivity index (χ2v) is 7.34. The molecule has 0 aromatic heterocycles. The summed E-state index contributed by atoms with van der Waals surface area (Å²) in [6, 6.07) is 0. The van der Waals surface area contributed by atoms with Crippen LogP contribution in [0.4, 0.5) is 0 Å². The highest BCUT2D eigenvalue weighted by atomic mass is 31.2. The van der Waals surface area contributed by atoms with Gasteiger partial charge in [0.05, 0.1) is 18.8 Å². The number of nitrogens with one attached hydrogen (secondary N) is 2. The lowest BCUT2D eigenvalue weighted by molar-refractivity contribution is -0.108. The van der Waals surface area contributed by atoms with E-state index in [9.17, 15) is 14.3 Å². The van der Waals surface area contributed by atoms with Gasteiger partial charge in [0.2, 0.25) is 6.41 Å². The van der Waals surface area contributed by atoms with Gasteiger partial charge in [-0.25, -0.2) is 4.57 Å². The van der Waals surface area contributed by atoms with Crippen molar-refractivity contribution in [1.82, 2.24) is 10.2 Å². The SMILES string of the molecule is CC(C)OP(=O)(O)OCC1CC(C)C(N(C)/C=C\C(=N)NC=O)O1. The lowest BCUT2D eigenvalue weighted by Gasteiger charge is -2.26. The molecule has 4 atom stereocenters. The Morgan fingerprint density at radius 1 is 1.58 bits per heavy atom. The number of hydrogen-bond donors (Lipinski definition) is 3. The monoisotopic (exact) mass is 363 g/mol. The smallest absolute Gasteiger partial charge is 0.355 e. The van der Waals surface area contributed by atoms with Crippen LogP contribution in [0.5, 0.6) is 0 Å². The zero-order valence-electron chi connectivity index (χ0n) is 14.3. The Balaban J connectivity index is 2.50. The lowest BCUT2D eigenvalue weighted by atomic mass is 10.1. The minimum atomic E-state index is -4.07. The van der Waals surface area contributed by atoms with Crippen molar-refractivity contribution in [3.63, 3.8) is 0 Å². The third kappa shape index (κ3) is 7.11. The molecule has 0 saturated carbocycles. The maximum absolute atomic E-state index is 11.7. The zero-order chi connectivity index (χ0) is 18.3. The molecule has 138 valence electrons. The van der Waals surface area contributed by atoms with Gasteiger partial charge in [-0.1, -0.05) is 6.92 Å². The van der Waals surface area contributed by atoms with Crippen molar-refractivity contribution in [2.75, 3.05) is 13.7 Å². The zero-order valence-corrected chi connectivity index (χ0v) is 15.2. The highest BCUT2D eigenvalue weighted by Crippen LogP contribution is 2.45. The Labute approximate surface area is 142 Å². The Morgan fingerprint density at radius 3 is 2.83 bits per heavy atom. The van der Waals surface area contributed by atoms with Gasteiger partial charge in [0.1, 0.15) is 12.1 Å². The highest BCUT2D eigenvalue weighted by molar-refractivity contribution is 7.47. The molecule has 10 heteroatoms. The summed E-state index contributed by atoms with van der Waals surface area (Å²) in [6.07, 6.45) is 3.15. The predicted molar refractivity (Wildman–Crippen MR) is 88.3 cm³/mol. The average molecular weight is 363 g/mol. The summed E-state index contributed by atoms with van der Waals surface area (Å²) < 4.78 is 27.3. The minimum Gasteiger partial charge on any atom is -0.355 e. The van der Waals surface area contributed by atoms with Gasteiger partial charge in [-0.15, -0.1) is 0 Å². The summed E-state index contributed by atoms with van der Waals surface area (Å²) in [5, 5.41) is 9.66. The summed E-state index contributed by atoms with van der Waals surface area (Å²) in [5.74, 6) is 0.125. The summed E-state index contributed by atoms with van der Waals surface area (Å²) >= 11 is 0. The van der Waals surface area contributed by atoms with E-state index in [2.05, 4.69) is 5.32 Å². The molecule has 0 aromatic rings. The fraction of sp³-hybridized carbons (Fsp3) is 0.714. The molecule has 1 amide bonds. The molecule has 0 aromatic carbocycles. The summed E-state index contributed by atoms with van der Waals surface area (Å²) in [7, 11) is -2.29. The van der Waals surface area contributed by atoms with Crippen molar-refractivity contribution >= 4 is 20.1 Å². The van der Waals surface area contributed by atoms with Crippen molar-refractivity contribution in [1.29, 1.82) is 5.41 Å². The highest BCUT2D eigenvalue weighted by Gasteiger charge is 2.36. The number of carbonyl (C=O) groups is 1. The number of carbonyl (C=O) groups excluding carboxylic acids is 1. The number of hydrogen-bond acceptors (Lipinski definition) is 7. The van der Waals surface area contributed by atoms with Crippen LogP contribution in [0.1, 0.15) is 27.2 Å². The first-order chi connectivity index (χ1) is 11.1. The molecule has 1 aliphatic rings. The molecular weight excluding hydrogens is 337 g/mol. The van der Waals surface area contributed by atoms with E-state index >= 15 is 0 Å². The molecular formula is C14H26N3O6P. The number of nitrogens with zero attached hydrogens (tertiary/aromatic N) is 1. The van der Waals surface area contributed by atoms with Crippen LogP contribution in [-0.2, 0) is 23.1 Å². The van der Waals surface area contributed by atoms with E-state index in [1.807, 2.05) is 6.92 Å². The fourth-order valence-corrected chi connectivity index (χ4v) is 3.33. The van der Waals surface area contributed by atoms with Crippen molar-refractivity contribution < 1.29 is 28.0 Å². The molecule has 1 rings (SSSR count). The fourth-order valence-electron chi connectivity index (χ4n) is 2.39. The third-order valence-corrected chi connectivity index (χ3v) is 4.48. The third-order valence-electron chi connectivity index (χ3n) is 3.31. The number of phosphoric acid groups is 1.